The third kappa shape index (κ3) is 4.11. The van der Waals surface area contributed by atoms with Crippen molar-refractivity contribution in [2.75, 3.05) is 7.11 Å². The van der Waals surface area contributed by atoms with Gasteiger partial charge in [-0.25, -0.2) is 9.48 Å². The molecule has 0 atom stereocenters. The van der Waals surface area contributed by atoms with Gasteiger partial charge in [0.25, 0.3) is 5.78 Å². The number of carbonyl (C=O) groups excluding carboxylic acids is 2. The summed E-state index contributed by atoms with van der Waals surface area (Å²) in [6, 6.07) is 3.71. The monoisotopic (exact) mass is 406 g/mol. The maximum Gasteiger partial charge on any atom is 0.417 e. The van der Waals surface area contributed by atoms with Crippen molar-refractivity contribution in [3.05, 3.63) is 53.4 Å². The van der Waals surface area contributed by atoms with Crippen LogP contribution in [-0.2, 0) is 15.7 Å². The molecule has 1 aromatic heterocycles. The minimum absolute atomic E-state index is 0.00349. The molecule has 0 N–H and O–H groups in total. The number of benzene rings is 1. The van der Waals surface area contributed by atoms with Gasteiger partial charge < -0.3 is 4.74 Å². The lowest BCUT2D eigenvalue weighted by Crippen LogP contribution is -2.24. The first-order chi connectivity index (χ1) is 13.5. The van der Waals surface area contributed by atoms with Crippen molar-refractivity contribution in [2.45, 2.75) is 39.3 Å². The predicted molar refractivity (Wildman–Crippen MR) is 101 cm³/mol. The van der Waals surface area contributed by atoms with Gasteiger partial charge in [0.2, 0.25) is 0 Å². The number of ether oxygens (including phenoxy) is 1. The van der Waals surface area contributed by atoms with Gasteiger partial charge in [0.1, 0.15) is 0 Å². The molecule has 0 unspecified atom stereocenters. The van der Waals surface area contributed by atoms with E-state index < -0.39 is 29.1 Å². The number of hydrogen-bond donors (Lipinski definition) is 0. The second-order valence-electron chi connectivity index (χ2n) is 7.75. The van der Waals surface area contributed by atoms with Crippen molar-refractivity contribution < 1.29 is 27.5 Å². The molecule has 8 heteroatoms. The van der Waals surface area contributed by atoms with Crippen molar-refractivity contribution in [3.63, 3.8) is 0 Å². The Morgan fingerprint density at radius 1 is 1.24 bits per heavy atom. The Hall–Kier alpha value is -2.90. The lowest BCUT2D eigenvalue weighted by atomic mass is 9.75. The van der Waals surface area contributed by atoms with E-state index >= 15 is 0 Å². The van der Waals surface area contributed by atoms with E-state index in [4.69, 9.17) is 0 Å². The smallest absolute Gasteiger partial charge is 0.417 e. The van der Waals surface area contributed by atoms with Gasteiger partial charge in [-0.3, -0.25) is 4.79 Å². The first-order valence-electron chi connectivity index (χ1n) is 9.11. The van der Waals surface area contributed by atoms with Crippen LogP contribution in [-0.4, -0.2) is 28.6 Å². The van der Waals surface area contributed by atoms with E-state index in [1.165, 1.54) is 16.9 Å². The van der Waals surface area contributed by atoms with E-state index in [9.17, 15) is 22.8 Å². The highest BCUT2D eigenvalue weighted by molar-refractivity contribution is 6.42. The average Bonchev–Trinajstić information content (AvgIpc) is 3.19. The second kappa shape index (κ2) is 7.50. The van der Waals surface area contributed by atoms with Gasteiger partial charge >= 0.3 is 12.1 Å². The topological polar surface area (TPSA) is 61.2 Å². The number of rotatable bonds is 4. The molecule has 0 aliphatic heterocycles. The SMILES string of the molecule is COC(=O)C(=O)c1c(C(F)(F)F)ccc(-n2cccn2)c1C1=CCC(C)(C)CC1. The van der Waals surface area contributed by atoms with Crippen LogP contribution in [0.5, 0.6) is 0 Å². The molecule has 0 spiro atoms. The van der Waals surface area contributed by atoms with Crippen molar-refractivity contribution in [2.24, 2.45) is 5.41 Å². The standard InChI is InChI=1S/C21H21F3N2O3/c1-20(2)9-7-13(8-10-20)16-15(26-12-4-11-25-26)6-5-14(21(22,23)24)17(16)18(27)19(28)29-3/h4-7,11-12H,8-10H2,1-3H3. The Morgan fingerprint density at radius 2 is 1.97 bits per heavy atom. The van der Waals surface area contributed by atoms with Gasteiger partial charge in [-0.05, 0) is 48.4 Å². The Morgan fingerprint density at radius 3 is 2.48 bits per heavy atom. The van der Waals surface area contributed by atoms with Gasteiger partial charge in [-0.1, -0.05) is 19.9 Å². The molecule has 154 valence electrons. The number of ketones is 1. The quantitative estimate of drug-likeness (QED) is 0.414. The Labute approximate surface area is 166 Å². The lowest BCUT2D eigenvalue weighted by molar-refractivity contribution is -0.138. The van der Waals surface area contributed by atoms with E-state index in [0.29, 0.717) is 24.1 Å². The van der Waals surface area contributed by atoms with Crippen LogP contribution in [0.4, 0.5) is 13.2 Å². The van der Waals surface area contributed by atoms with E-state index in [0.717, 1.165) is 19.6 Å². The Balaban J connectivity index is 2.35. The number of esters is 1. The maximum absolute atomic E-state index is 13.8. The molecule has 0 saturated carbocycles. The molecule has 0 radical (unpaired) electrons. The number of alkyl halides is 3. The third-order valence-electron chi connectivity index (χ3n) is 5.13. The second-order valence-corrected chi connectivity index (χ2v) is 7.75. The lowest BCUT2D eigenvalue weighted by Gasteiger charge is -2.30. The number of aromatic nitrogens is 2. The Bertz CT molecular complexity index is 974. The number of hydrogen-bond acceptors (Lipinski definition) is 4. The predicted octanol–water partition coefficient (Wildman–Crippen LogP) is 4.84. The van der Waals surface area contributed by atoms with Crippen molar-refractivity contribution >= 4 is 17.3 Å². The number of carbonyl (C=O) groups is 2. The zero-order valence-electron chi connectivity index (χ0n) is 16.3. The molecule has 29 heavy (non-hydrogen) atoms. The number of nitrogens with zero attached hydrogens (tertiary/aromatic N) is 2. The first-order valence-corrected chi connectivity index (χ1v) is 9.11. The number of methoxy groups -OCH3 is 1. The number of halogens is 3. The zero-order valence-corrected chi connectivity index (χ0v) is 16.3. The van der Waals surface area contributed by atoms with Crippen molar-refractivity contribution in [1.82, 2.24) is 9.78 Å². The van der Waals surface area contributed by atoms with Gasteiger partial charge in [-0.2, -0.15) is 18.3 Å². The molecular weight excluding hydrogens is 385 g/mol. The van der Waals surface area contributed by atoms with E-state index in [-0.39, 0.29) is 11.0 Å². The molecular formula is C21H21F3N2O3. The maximum atomic E-state index is 13.8. The summed E-state index contributed by atoms with van der Waals surface area (Å²) in [5.41, 5.74) is -0.875. The minimum atomic E-state index is -4.81. The Kier molecular flexibility index (Phi) is 5.38. The molecule has 1 heterocycles. The summed E-state index contributed by atoms with van der Waals surface area (Å²) in [6.07, 6.45) is 1.95. The normalized spacial score (nSPS) is 16.3. The molecule has 0 saturated heterocycles. The minimum Gasteiger partial charge on any atom is -0.463 e. The molecule has 5 nitrogen and oxygen atoms in total. The molecule has 1 aromatic carbocycles. The number of Topliss-reactive ketones (excluding diaryl/α,β-unsaturated/α-hetero) is 1. The highest BCUT2D eigenvalue weighted by atomic mass is 19.4. The molecule has 0 bridgehead atoms. The summed E-state index contributed by atoms with van der Waals surface area (Å²) in [7, 11) is 0.965. The summed E-state index contributed by atoms with van der Waals surface area (Å²) < 4.78 is 47.2. The molecule has 3 rings (SSSR count). The number of allylic oxidation sites excluding steroid dienone is 2. The average molecular weight is 406 g/mol. The fourth-order valence-corrected chi connectivity index (χ4v) is 3.49. The molecule has 0 fully saturated rings. The molecule has 0 amide bonds. The fraction of sp³-hybridized carbons (Fsp3) is 0.381. The van der Waals surface area contributed by atoms with Crippen LogP contribution in [0, 0.1) is 5.41 Å². The van der Waals surface area contributed by atoms with Crippen LogP contribution >= 0.6 is 0 Å². The van der Waals surface area contributed by atoms with E-state index in [1.807, 2.05) is 6.08 Å². The summed E-state index contributed by atoms with van der Waals surface area (Å²) in [5, 5.41) is 4.11. The zero-order chi connectivity index (χ0) is 21.4. The summed E-state index contributed by atoms with van der Waals surface area (Å²) in [4.78, 5) is 24.7. The van der Waals surface area contributed by atoms with Gasteiger partial charge in [0.15, 0.2) is 0 Å². The van der Waals surface area contributed by atoms with Crippen LogP contribution in [0.25, 0.3) is 11.3 Å². The van der Waals surface area contributed by atoms with Gasteiger partial charge in [0.05, 0.1) is 23.9 Å². The van der Waals surface area contributed by atoms with Crippen LogP contribution in [0.3, 0.4) is 0 Å². The molecule has 2 aromatic rings. The molecule has 1 aliphatic rings. The van der Waals surface area contributed by atoms with Crippen LogP contribution in [0.2, 0.25) is 0 Å². The largest absolute Gasteiger partial charge is 0.463 e. The summed E-state index contributed by atoms with van der Waals surface area (Å²) in [6.45, 7) is 4.14. The summed E-state index contributed by atoms with van der Waals surface area (Å²) in [5.74, 6) is -2.67. The van der Waals surface area contributed by atoms with E-state index in [2.05, 4.69) is 23.7 Å². The van der Waals surface area contributed by atoms with Gasteiger partial charge in [-0.15, -0.1) is 0 Å². The highest BCUT2D eigenvalue weighted by Crippen LogP contribution is 2.43. The molecule has 1 aliphatic carbocycles. The van der Waals surface area contributed by atoms with Crippen molar-refractivity contribution in [3.8, 4) is 5.69 Å². The van der Waals surface area contributed by atoms with Crippen LogP contribution < -0.4 is 0 Å². The third-order valence-corrected chi connectivity index (χ3v) is 5.13. The van der Waals surface area contributed by atoms with E-state index in [1.54, 1.807) is 12.3 Å². The summed E-state index contributed by atoms with van der Waals surface area (Å²) >= 11 is 0. The van der Waals surface area contributed by atoms with Gasteiger partial charge in [0, 0.05) is 18.0 Å². The highest BCUT2D eigenvalue weighted by Gasteiger charge is 2.40. The van der Waals surface area contributed by atoms with Crippen molar-refractivity contribution in [1.29, 1.82) is 0 Å². The van der Waals surface area contributed by atoms with Crippen LogP contribution in [0.1, 0.15) is 54.6 Å². The first kappa shape index (κ1) is 20.8. The van der Waals surface area contributed by atoms with Crippen LogP contribution in [0.15, 0.2) is 36.7 Å². The fourth-order valence-electron chi connectivity index (χ4n) is 3.49.